The molecule has 7 nitrogen and oxygen atoms in total. The molecule has 0 atom stereocenters. The van der Waals surface area contributed by atoms with Crippen molar-refractivity contribution in [3.8, 4) is 0 Å². The molecule has 0 saturated heterocycles. The second-order valence-corrected chi connectivity index (χ2v) is 4.09. The zero-order chi connectivity index (χ0) is 17.7. The van der Waals surface area contributed by atoms with Crippen molar-refractivity contribution in [2.45, 2.75) is 13.3 Å². The topological polar surface area (TPSA) is 95.7 Å². The Bertz CT molecular complexity index is 664. The highest BCUT2D eigenvalue weighted by Crippen LogP contribution is 2.32. The van der Waals surface area contributed by atoms with Gasteiger partial charge in [-0.2, -0.15) is 8.78 Å². The largest absolute Gasteiger partial charge is 0.439 e. The van der Waals surface area contributed by atoms with Crippen LogP contribution >= 0.6 is 0 Å². The molecule has 0 radical (unpaired) electrons. The Morgan fingerprint density at radius 2 is 1.78 bits per heavy atom. The zero-order valence-electron chi connectivity index (χ0n) is 11.5. The molecule has 1 aromatic rings. The molecule has 0 fully saturated rings. The van der Waals surface area contributed by atoms with Gasteiger partial charge < -0.3 is 9.47 Å². The van der Waals surface area contributed by atoms with Gasteiger partial charge in [-0.3, -0.25) is 19.7 Å². The second-order valence-electron chi connectivity index (χ2n) is 4.09. The molecule has 126 valence electrons. The highest BCUT2D eigenvalue weighted by atomic mass is 19.2. The number of nitrogens with zero attached hydrogens (tertiary/aromatic N) is 1. The van der Waals surface area contributed by atoms with Gasteiger partial charge in [0.05, 0.1) is 11.5 Å². The predicted octanol–water partition coefficient (Wildman–Crippen LogP) is 2.20. The average molecular weight is 339 g/mol. The first-order valence-electron chi connectivity index (χ1n) is 5.93. The molecule has 0 heterocycles. The van der Waals surface area contributed by atoms with E-state index < -0.39 is 71.0 Å². The van der Waals surface area contributed by atoms with Crippen LogP contribution in [0.25, 0.3) is 0 Å². The van der Waals surface area contributed by atoms with E-state index in [1.165, 1.54) is 0 Å². The number of benzene rings is 1. The van der Waals surface area contributed by atoms with Crippen LogP contribution < -0.4 is 0 Å². The standard InChI is InChI=1S/C12H9F4NO6/c1-5(18)23-4-22-3-2-6-7(12(16)19)11(17(20)21)10(15)9(14)8(6)13/h2-4H2,1H3. The van der Waals surface area contributed by atoms with Crippen LogP contribution in [-0.2, 0) is 20.7 Å². The lowest BCUT2D eigenvalue weighted by Gasteiger charge is -2.10. The summed E-state index contributed by atoms with van der Waals surface area (Å²) in [7, 11) is 0. The first-order valence-corrected chi connectivity index (χ1v) is 5.93. The normalized spacial score (nSPS) is 10.5. The molecular weight excluding hydrogens is 330 g/mol. The van der Waals surface area contributed by atoms with Crippen LogP contribution in [0.15, 0.2) is 0 Å². The monoisotopic (exact) mass is 339 g/mol. The maximum absolute atomic E-state index is 13.7. The van der Waals surface area contributed by atoms with Gasteiger partial charge in [0, 0.05) is 18.9 Å². The van der Waals surface area contributed by atoms with Gasteiger partial charge in [0.1, 0.15) is 5.56 Å². The Hall–Kier alpha value is -2.56. The van der Waals surface area contributed by atoms with Gasteiger partial charge >= 0.3 is 17.7 Å². The number of carbonyl (C=O) groups is 2. The van der Waals surface area contributed by atoms with E-state index in [0.717, 1.165) is 6.92 Å². The molecule has 0 aliphatic rings. The lowest BCUT2D eigenvalue weighted by molar-refractivity contribution is -0.388. The molecule has 11 heteroatoms. The minimum absolute atomic E-state index is 0.507. The highest BCUT2D eigenvalue weighted by molar-refractivity contribution is 5.95. The minimum Gasteiger partial charge on any atom is -0.439 e. The van der Waals surface area contributed by atoms with E-state index in [1.807, 2.05) is 0 Å². The molecule has 0 bridgehead atoms. The molecule has 0 aromatic heterocycles. The van der Waals surface area contributed by atoms with Gasteiger partial charge in [-0.1, -0.05) is 0 Å². The fourth-order valence-electron chi connectivity index (χ4n) is 1.67. The van der Waals surface area contributed by atoms with Crippen molar-refractivity contribution in [1.82, 2.24) is 0 Å². The van der Waals surface area contributed by atoms with Crippen LogP contribution in [0.5, 0.6) is 0 Å². The molecule has 0 unspecified atom stereocenters. The summed E-state index contributed by atoms with van der Waals surface area (Å²) in [4.78, 5) is 30.5. The van der Waals surface area contributed by atoms with Crippen molar-refractivity contribution in [3.63, 3.8) is 0 Å². The first kappa shape index (κ1) is 18.5. The number of hydrogen-bond acceptors (Lipinski definition) is 6. The summed E-state index contributed by atoms with van der Waals surface area (Å²) in [6.45, 7) is -0.00402. The van der Waals surface area contributed by atoms with Crippen molar-refractivity contribution in [2.24, 2.45) is 0 Å². The number of carbonyl (C=O) groups excluding carboxylic acids is 2. The fraction of sp³-hybridized carbons (Fsp3) is 0.333. The van der Waals surface area contributed by atoms with E-state index in [9.17, 15) is 37.3 Å². The third-order valence-electron chi connectivity index (χ3n) is 2.62. The Morgan fingerprint density at radius 1 is 1.17 bits per heavy atom. The van der Waals surface area contributed by atoms with E-state index in [1.54, 1.807) is 0 Å². The third kappa shape index (κ3) is 4.22. The Kier molecular flexibility index (Phi) is 6.13. The van der Waals surface area contributed by atoms with Crippen LogP contribution in [0, 0.1) is 27.6 Å². The lowest BCUT2D eigenvalue weighted by Crippen LogP contribution is -2.15. The highest BCUT2D eigenvalue weighted by Gasteiger charge is 2.35. The van der Waals surface area contributed by atoms with E-state index in [4.69, 9.17) is 0 Å². The van der Waals surface area contributed by atoms with Gasteiger partial charge in [0.15, 0.2) is 12.6 Å². The Morgan fingerprint density at radius 3 is 2.26 bits per heavy atom. The smallest absolute Gasteiger partial charge is 0.339 e. The summed E-state index contributed by atoms with van der Waals surface area (Å²) in [5.74, 6) is -7.13. The Balaban J connectivity index is 3.17. The van der Waals surface area contributed by atoms with Crippen molar-refractivity contribution >= 4 is 17.7 Å². The molecule has 0 aliphatic carbocycles. The fourth-order valence-corrected chi connectivity index (χ4v) is 1.67. The summed E-state index contributed by atoms with van der Waals surface area (Å²) < 4.78 is 62.4. The number of esters is 1. The van der Waals surface area contributed by atoms with Crippen molar-refractivity contribution < 1.29 is 41.5 Å². The van der Waals surface area contributed by atoms with Gasteiger partial charge in [0.25, 0.3) is 0 Å². The SMILES string of the molecule is CC(=O)OCOCCc1c(F)c(F)c(F)c([N+](=O)[O-])c1C(=O)F. The lowest BCUT2D eigenvalue weighted by atomic mass is 10.0. The number of halogens is 4. The van der Waals surface area contributed by atoms with Crippen LogP contribution in [0.4, 0.5) is 23.2 Å². The quantitative estimate of drug-likeness (QED) is 0.110. The second kappa shape index (κ2) is 7.63. The van der Waals surface area contributed by atoms with Crippen LogP contribution in [0.3, 0.4) is 0 Å². The molecule has 0 aliphatic heterocycles. The molecular formula is C12H9F4NO6. The van der Waals surface area contributed by atoms with Crippen LogP contribution in [0.1, 0.15) is 22.8 Å². The van der Waals surface area contributed by atoms with Crippen LogP contribution in [-0.4, -0.2) is 30.3 Å². The van der Waals surface area contributed by atoms with Gasteiger partial charge in [-0.25, -0.2) is 8.78 Å². The maximum atomic E-state index is 13.7. The molecule has 0 spiro atoms. The number of ether oxygens (including phenoxy) is 2. The average Bonchev–Trinajstić information content (AvgIpc) is 2.45. The number of nitro benzene ring substituents is 1. The first-order chi connectivity index (χ1) is 10.7. The summed E-state index contributed by atoms with van der Waals surface area (Å²) in [6.07, 6.45) is -0.698. The van der Waals surface area contributed by atoms with Crippen molar-refractivity contribution in [2.75, 3.05) is 13.4 Å². The van der Waals surface area contributed by atoms with E-state index in [0.29, 0.717) is 0 Å². The zero-order valence-corrected chi connectivity index (χ0v) is 11.5. The van der Waals surface area contributed by atoms with Gasteiger partial charge in [-0.15, -0.1) is 0 Å². The van der Waals surface area contributed by atoms with Crippen molar-refractivity contribution in [3.05, 3.63) is 38.7 Å². The summed E-state index contributed by atoms with van der Waals surface area (Å²) >= 11 is 0. The molecule has 0 saturated carbocycles. The molecule has 1 aromatic carbocycles. The number of rotatable bonds is 7. The summed E-state index contributed by atoms with van der Waals surface area (Å²) in [5, 5.41) is 10.7. The molecule has 0 N–H and O–H groups in total. The van der Waals surface area contributed by atoms with E-state index in [2.05, 4.69) is 9.47 Å². The van der Waals surface area contributed by atoms with Crippen molar-refractivity contribution in [1.29, 1.82) is 0 Å². The third-order valence-corrected chi connectivity index (χ3v) is 2.62. The van der Waals surface area contributed by atoms with Crippen LogP contribution in [0.2, 0.25) is 0 Å². The molecule has 1 rings (SSSR count). The number of hydrogen-bond donors (Lipinski definition) is 0. The van der Waals surface area contributed by atoms with E-state index in [-0.39, 0.29) is 0 Å². The molecule has 0 amide bonds. The van der Waals surface area contributed by atoms with Gasteiger partial charge in [0.2, 0.25) is 11.6 Å². The summed E-state index contributed by atoms with van der Waals surface area (Å²) in [5.41, 5.74) is -4.38. The van der Waals surface area contributed by atoms with Gasteiger partial charge in [-0.05, 0) is 0 Å². The number of nitro groups is 1. The molecule has 23 heavy (non-hydrogen) atoms. The maximum Gasteiger partial charge on any atom is 0.339 e. The van der Waals surface area contributed by atoms with E-state index >= 15 is 0 Å². The summed E-state index contributed by atoms with van der Waals surface area (Å²) in [6, 6.07) is -2.50. The minimum atomic E-state index is -2.50. The predicted molar refractivity (Wildman–Crippen MR) is 64.7 cm³/mol. The Labute approximate surface area is 125 Å².